The zero-order chi connectivity index (χ0) is 12.3. The van der Waals surface area contributed by atoms with E-state index in [0.717, 1.165) is 33.6 Å². The Balaban J connectivity index is 2.34. The Morgan fingerprint density at radius 3 is 2.76 bits per heavy atom. The Bertz CT molecular complexity index is 489. The minimum Gasteiger partial charge on any atom is -0.302 e. The number of carbonyl (C=O) groups excluding carboxylic acids is 1. The van der Waals surface area contributed by atoms with Crippen LogP contribution < -0.4 is 0 Å². The first-order chi connectivity index (χ1) is 8.20. The highest BCUT2D eigenvalue weighted by molar-refractivity contribution is 9.12. The van der Waals surface area contributed by atoms with Gasteiger partial charge in [-0.15, -0.1) is 0 Å². The summed E-state index contributed by atoms with van der Waals surface area (Å²) in [4.78, 5) is 11.3. The summed E-state index contributed by atoms with van der Waals surface area (Å²) in [5.74, 6) is -0.131. The van der Waals surface area contributed by atoms with Crippen molar-refractivity contribution in [1.82, 2.24) is 0 Å². The summed E-state index contributed by atoms with van der Waals surface area (Å²) in [6.45, 7) is 0. The highest BCUT2D eigenvalue weighted by atomic mass is 79.9. The van der Waals surface area contributed by atoms with Gasteiger partial charge in [-0.1, -0.05) is 55.6 Å². The van der Waals surface area contributed by atoms with Crippen molar-refractivity contribution >= 4 is 38.1 Å². The summed E-state index contributed by atoms with van der Waals surface area (Å²) in [6.07, 6.45) is 7.16. The SMILES string of the molecule is O=CC(C1=CC(Br)=CCC1)c1cccc(Br)c1. The normalized spacial score (nSPS) is 17.1. The Morgan fingerprint density at radius 1 is 1.29 bits per heavy atom. The van der Waals surface area contributed by atoms with Crippen LogP contribution in [-0.2, 0) is 4.79 Å². The summed E-state index contributed by atoms with van der Waals surface area (Å²) in [5, 5.41) is 0. The Kier molecular flexibility index (Phi) is 4.35. The molecular formula is C14H12Br2O. The van der Waals surface area contributed by atoms with Gasteiger partial charge in [0.1, 0.15) is 6.29 Å². The van der Waals surface area contributed by atoms with Crippen LogP contribution in [0.2, 0.25) is 0 Å². The van der Waals surface area contributed by atoms with Crippen LogP contribution in [0.3, 0.4) is 0 Å². The number of hydrogen-bond donors (Lipinski definition) is 0. The molecule has 1 aliphatic rings. The average molecular weight is 356 g/mol. The van der Waals surface area contributed by atoms with Crippen LogP contribution in [0.1, 0.15) is 24.3 Å². The molecule has 0 radical (unpaired) electrons. The third-order valence-corrected chi connectivity index (χ3v) is 3.88. The first-order valence-electron chi connectivity index (χ1n) is 5.47. The predicted octanol–water partition coefficient (Wildman–Crippen LogP) is 4.73. The van der Waals surface area contributed by atoms with Gasteiger partial charge in [0.25, 0.3) is 0 Å². The topological polar surface area (TPSA) is 17.1 Å². The Labute approximate surface area is 118 Å². The number of hydrogen-bond acceptors (Lipinski definition) is 1. The van der Waals surface area contributed by atoms with Crippen molar-refractivity contribution in [1.29, 1.82) is 0 Å². The maximum Gasteiger partial charge on any atom is 0.131 e. The van der Waals surface area contributed by atoms with E-state index in [1.165, 1.54) is 5.57 Å². The van der Waals surface area contributed by atoms with E-state index in [1.54, 1.807) is 0 Å². The summed E-state index contributed by atoms with van der Waals surface area (Å²) in [5.41, 5.74) is 2.22. The molecule has 0 bridgehead atoms. The van der Waals surface area contributed by atoms with Crippen LogP contribution in [-0.4, -0.2) is 6.29 Å². The van der Waals surface area contributed by atoms with E-state index < -0.39 is 0 Å². The van der Waals surface area contributed by atoms with E-state index in [0.29, 0.717) is 0 Å². The molecule has 1 atom stereocenters. The molecule has 0 heterocycles. The van der Waals surface area contributed by atoms with Crippen LogP contribution >= 0.6 is 31.9 Å². The molecule has 88 valence electrons. The molecule has 0 fully saturated rings. The van der Waals surface area contributed by atoms with Gasteiger partial charge in [-0.3, -0.25) is 0 Å². The summed E-state index contributed by atoms with van der Waals surface area (Å²) >= 11 is 6.91. The molecule has 0 aromatic heterocycles. The van der Waals surface area contributed by atoms with Crippen molar-refractivity contribution in [2.75, 3.05) is 0 Å². The van der Waals surface area contributed by atoms with Crippen molar-refractivity contribution in [3.8, 4) is 0 Å². The van der Waals surface area contributed by atoms with Gasteiger partial charge in [0.2, 0.25) is 0 Å². The van der Waals surface area contributed by atoms with Crippen LogP contribution in [0.5, 0.6) is 0 Å². The molecule has 0 amide bonds. The number of aldehydes is 1. The second kappa shape index (κ2) is 5.78. The van der Waals surface area contributed by atoms with Gasteiger partial charge in [-0.2, -0.15) is 0 Å². The lowest BCUT2D eigenvalue weighted by atomic mass is 9.87. The maximum atomic E-state index is 11.3. The highest BCUT2D eigenvalue weighted by Gasteiger charge is 2.17. The van der Waals surface area contributed by atoms with E-state index in [4.69, 9.17) is 0 Å². The van der Waals surface area contributed by atoms with Gasteiger partial charge in [0, 0.05) is 8.96 Å². The van der Waals surface area contributed by atoms with E-state index >= 15 is 0 Å². The Morgan fingerprint density at radius 2 is 2.12 bits per heavy atom. The number of benzene rings is 1. The van der Waals surface area contributed by atoms with Crippen molar-refractivity contribution in [2.24, 2.45) is 0 Å². The van der Waals surface area contributed by atoms with Gasteiger partial charge < -0.3 is 4.79 Å². The largest absolute Gasteiger partial charge is 0.302 e. The third kappa shape index (κ3) is 3.17. The molecule has 3 heteroatoms. The molecule has 1 aliphatic carbocycles. The second-order valence-corrected chi connectivity index (χ2v) is 5.85. The van der Waals surface area contributed by atoms with E-state index in [2.05, 4.69) is 44.0 Å². The van der Waals surface area contributed by atoms with Gasteiger partial charge in [-0.05, 0) is 36.6 Å². The molecule has 2 rings (SSSR count). The molecule has 1 aromatic carbocycles. The molecule has 0 spiro atoms. The quantitative estimate of drug-likeness (QED) is 0.716. The molecular weight excluding hydrogens is 344 g/mol. The van der Waals surface area contributed by atoms with Gasteiger partial charge in [0.05, 0.1) is 5.92 Å². The van der Waals surface area contributed by atoms with Crippen molar-refractivity contribution in [2.45, 2.75) is 18.8 Å². The number of allylic oxidation sites excluding steroid dienone is 4. The molecule has 17 heavy (non-hydrogen) atoms. The standard InChI is InChI=1S/C14H12Br2O/c15-12-5-1-3-10(7-12)14(9-17)11-4-2-6-13(16)8-11/h1,3,5-9,14H,2,4H2. The van der Waals surface area contributed by atoms with Gasteiger partial charge in [0.15, 0.2) is 0 Å². The summed E-state index contributed by atoms with van der Waals surface area (Å²) < 4.78 is 2.08. The molecule has 0 N–H and O–H groups in total. The Hall–Kier alpha value is -0.670. The molecule has 1 unspecified atom stereocenters. The fourth-order valence-electron chi connectivity index (χ4n) is 2.01. The summed E-state index contributed by atoms with van der Waals surface area (Å²) in [6, 6.07) is 7.93. The third-order valence-electron chi connectivity index (χ3n) is 2.84. The lowest BCUT2D eigenvalue weighted by Gasteiger charge is -2.18. The molecule has 1 nitrogen and oxygen atoms in total. The monoisotopic (exact) mass is 354 g/mol. The van der Waals surface area contributed by atoms with Crippen LogP contribution in [0.25, 0.3) is 0 Å². The zero-order valence-electron chi connectivity index (χ0n) is 9.20. The minimum absolute atomic E-state index is 0.131. The fourth-order valence-corrected chi connectivity index (χ4v) is 2.95. The van der Waals surface area contributed by atoms with E-state index in [-0.39, 0.29) is 5.92 Å². The maximum absolute atomic E-state index is 11.3. The number of rotatable bonds is 3. The fraction of sp³-hybridized carbons (Fsp3) is 0.214. The second-order valence-electron chi connectivity index (χ2n) is 4.02. The molecule has 0 aliphatic heterocycles. The van der Waals surface area contributed by atoms with E-state index in [9.17, 15) is 4.79 Å². The van der Waals surface area contributed by atoms with Crippen molar-refractivity contribution < 1.29 is 4.79 Å². The first-order valence-corrected chi connectivity index (χ1v) is 7.06. The van der Waals surface area contributed by atoms with Gasteiger partial charge in [-0.25, -0.2) is 0 Å². The van der Waals surface area contributed by atoms with E-state index in [1.807, 2.05) is 24.3 Å². The molecule has 0 saturated heterocycles. The highest BCUT2D eigenvalue weighted by Crippen LogP contribution is 2.32. The first kappa shape index (κ1) is 12.8. The number of halogens is 2. The molecule has 1 aromatic rings. The lowest BCUT2D eigenvalue weighted by molar-refractivity contribution is -0.108. The number of carbonyl (C=O) groups is 1. The van der Waals surface area contributed by atoms with Gasteiger partial charge >= 0.3 is 0 Å². The van der Waals surface area contributed by atoms with Crippen LogP contribution in [0.4, 0.5) is 0 Å². The molecule has 0 saturated carbocycles. The van der Waals surface area contributed by atoms with Crippen molar-refractivity contribution in [3.63, 3.8) is 0 Å². The average Bonchev–Trinajstić information content (AvgIpc) is 2.30. The minimum atomic E-state index is -0.131. The zero-order valence-corrected chi connectivity index (χ0v) is 12.4. The lowest BCUT2D eigenvalue weighted by Crippen LogP contribution is -2.06. The van der Waals surface area contributed by atoms with Crippen LogP contribution in [0, 0.1) is 0 Å². The smallest absolute Gasteiger partial charge is 0.131 e. The summed E-state index contributed by atoms with van der Waals surface area (Å²) in [7, 11) is 0. The van der Waals surface area contributed by atoms with Crippen LogP contribution in [0.15, 0.2) is 50.9 Å². The van der Waals surface area contributed by atoms with Crippen molar-refractivity contribution in [3.05, 3.63) is 56.5 Å². The predicted molar refractivity (Wildman–Crippen MR) is 77.3 cm³/mol.